The van der Waals surface area contributed by atoms with Gasteiger partial charge in [0, 0.05) is 0 Å². The molecule has 5 rings (SSSR count). The van der Waals surface area contributed by atoms with Crippen LogP contribution in [0.4, 0.5) is 0 Å². The molecule has 0 N–H and O–H groups in total. The second-order valence-electron chi connectivity index (χ2n) is 14.5. The average molecular weight is 555 g/mol. The van der Waals surface area contributed by atoms with Crippen LogP contribution in [0.2, 0.25) is 13.1 Å². The highest BCUT2D eigenvalue weighted by molar-refractivity contribution is 7.13. The number of allylic oxidation sites excluding steroid dienone is 2. The zero-order valence-electron chi connectivity index (χ0n) is 26.7. The molecule has 0 amide bonds. The lowest BCUT2D eigenvalue weighted by Gasteiger charge is -2.28. The highest BCUT2D eigenvalue weighted by atomic mass is 28.3. The molecule has 0 fully saturated rings. The Morgan fingerprint density at radius 1 is 0.439 bits per heavy atom. The van der Waals surface area contributed by atoms with Gasteiger partial charge in [0.15, 0.2) is 0 Å². The van der Waals surface area contributed by atoms with Gasteiger partial charge in [-0.1, -0.05) is 163 Å². The van der Waals surface area contributed by atoms with Crippen molar-refractivity contribution >= 4 is 29.6 Å². The van der Waals surface area contributed by atoms with Crippen LogP contribution in [0.5, 0.6) is 0 Å². The maximum absolute atomic E-state index is 2.56. The summed E-state index contributed by atoms with van der Waals surface area (Å²) < 4.78 is 0. The van der Waals surface area contributed by atoms with Gasteiger partial charge in [-0.15, -0.1) is 0 Å². The minimum Gasteiger partial charge on any atom is -0.0615 e. The molecule has 0 nitrogen and oxygen atoms in total. The van der Waals surface area contributed by atoms with Crippen LogP contribution in [0, 0.1) is 13.8 Å². The molecule has 0 atom stereocenters. The Bertz CT molecular complexity index is 1520. The minimum absolute atomic E-state index is 0.125. The molecule has 1 aliphatic rings. The Morgan fingerprint density at radius 2 is 0.780 bits per heavy atom. The van der Waals surface area contributed by atoms with E-state index in [9.17, 15) is 0 Å². The molecule has 0 radical (unpaired) electrons. The number of hydrogen-bond donors (Lipinski definition) is 0. The molecule has 4 aromatic rings. The van der Waals surface area contributed by atoms with Crippen molar-refractivity contribution in [1.82, 2.24) is 0 Å². The van der Waals surface area contributed by atoms with Gasteiger partial charge in [-0.2, -0.15) is 0 Å². The Balaban J connectivity index is 1.86. The molecule has 0 spiro atoms. The Morgan fingerprint density at radius 3 is 1.07 bits per heavy atom. The van der Waals surface area contributed by atoms with Gasteiger partial charge < -0.3 is 0 Å². The van der Waals surface area contributed by atoms with Gasteiger partial charge in [0.05, 0.1) is 0 Å². The molecule has 0 saturated heterocycles. The summed E-state index contributed by atoms with van der Waals surface area (Å²) in [4.78, 5) is 0. The number of benzene rings is 4. The van der Waals surface area contributed by atoms with E-state index < -0.39 is 8.07 Å². The second kappa shape index (κ2) is 10.4. The molecular formula is C40H46Si. The number of aryl methyl sites for hydroxylation is 2. The number of hydrogen-bond acceptors (Lipinski definition) is 0. The average Bonchev–Trinajstić information content (AvgIpc) is 3.15. The van der Waals surface area contributed by atoms with Crippen LogP contribution in [0.25, 0.3) is 21.5 Å². The summed E-state index contributed by atoms with van der Waals surface area (Å²) in [5, 5.41) is 3.07. The van der Waals surface area contributed by atoms with Crippen molar-refractivity contribution in [2.75, 3.05) is 0 Å². The van der Waals surface area contributed by atoms with Crippen LogP contribution in [-0.4, -0.2) is 8.07 Å². The van der Waals surface area contributed by atoms with Gasteiger partial charge in [-0.05, 0) is 79.6 Å². The summed E-state index contributed by atoms with van der Waals surface area (Å²) in [6.45, 7) is 23.3. The van der Waals surface area contributed by atoms with E-state index in [4.69, 9.17) is 0 Å². The molecule has 0 aromatic heterocycles. The molecule has 1 heteroatoms. The van der Waals surface area contributed by atoms with Crippen molar-refractivity contribution in [3.8, 4) is 0 Å². The van der Waals surface area contributed by atoms with Gasteiger partial charge >= 0.3 is 0 Å². The van der Waals surface area contributed by atoms with Crippen molar-refractivity contribution in [3.05, 3.63) is 142 Å². The minimum atomic E-state index is -2.17. The maximum Gasteiger partial charge on any atom is 0.115 e. The van der Waals surface area contributed by atoms with Gasteiger partial charge in [0.1, 0.15) is 8.07 Å². The van der Waals surface area contributed by atoms with Crippen molar-refractivity contribution < 1.29 is 0 Å². The predicted molar refractivity (Wildman–Crippen MR) is 184 cm³/mol. The van der Waals surface area contributed by atoms with Crippen LogP contribution >= 0.6 is 0 Å². The summed E-state index contributed by atoms with van der Waals surface area (Å²) in [7, 11) is -2.17. The molecule has 210 valence electrons. The van der Waals surface area contributed by atoms with E-state index in [0.29, 0.717) is 0 Å². The SMILES string of the molecule is Cc1cccc(C2=C(c3ccc(C(C)(C)C)cc3)[Si](C)(C)C(c3ccc(C(C)(C)C)cc3)=C2c2cccc(C)c2)c1. The van der Waals surface area contributed by atoms with E-state index in [-0.39, 0.29) is 10.8 Å². The van der Waals surface area contributed by atoms with E-state index in [1.165, 1.54) is 66.0 Å². The molecular weight excluding hydrogens is 509 g/mol. The lowest BCUT2D eigenvalue weighted by Crippen LogP contribution is -2.28. The zero-order chi connectivity index (χ0) is 29.7. The van der Waals surface area contributed by atoms with E-state index >= 15 is 0 Å². The summed E-state index contributed by atoms with van der Waals surface area (Å²) in [5.41, 5.74) is 13.8. The van der Waals surface area contributed by atoms with Crippen LogP contribution in [0.3, 0.4) is 0 Å². The topological polar surface area (TPSA) is 0 Å². The lowest BCUT2D eigenvalue weighted by atomic mass is 9.85. The van der Waals surface area contributed by atoms with Crippen molar-refractivity contribution in [1.29, 1.82) is 0 Å². The fourth-order valence-corrected chi connectivity index (χ4v) is 10.3. The largest absolute Gasteiger partial charge is 0.115 e. The molecule has 0 bridgehead atoms. The quantitative estimate of drug-likeness (QED) is 0.220. The van der Waals surface area contributed by atoms with Gasteiger partial charge in [-0.25, -0.2) is 0 Å². The molecule has 0 unspecified atom stereocenters. The van der Waals surface area contributed by atoms with Gasteiger partial charge in [0.2, 0.25) is 0 Å². The third kappa shape index (κ3) is 5.57. The highest BCUT2D eigenvalue weighted by Crippen LogP contribution is 2.55. The predicted octanol–water partition coefficient (Wildman–Crippen LogP) is 11.2. The van der Waals surface area contributed by atoms with E-state index in [0.717, 1.165) is 0 Å². The first-order valence-corrected chi connectivity index (χ1v) is 18.0. The van der Waals surface area contributed by atoms with Crippen LogP contribution in [0.15, 0.2) is 97.1 Å². The normalized spacial score (nSPS) is 15.6. The smallest absolute Gasteiger partial charge is 0.0615 e. The summed E-state index contributed by atoms with van der Waals surface area (Å²) in [5.74, 6) is 0. The standard InChI is InChI=1S/C40H46Si/c1-27-13-11-15-31(25-27)35-36(32-16-12-14-28(2)26-32)38(30-19-23-34(24-20-30)40(6,7)8)41(9,10)37(35)29-17-21-33(22-18-29)39(3,4)5/h11-26H,1-10H3. The first kappa shape index (κ1) is 29.1. The summed E-state index contributed by atoms with van der Waals surface area (Å²) in [6, 6.07) is 37.2. The van der Waals surface area contributed by atoms with Crippen molar-refractivity contribution in [2.45, 2.75) is 79.3 Å². The molecule has 41 heavy (non-hydrogen) atoms. The summed E-state index contributed by atoms with van der Waals surface area (Å²) >= 11 is 0. The zero-order valence-corrected chi connectivity index (χ0v) is 27.7. The van der Waals surface area contributed by atoms with E-state index in [2.05, 4.69) is 166 Å². The molecule has 0 saturated carbocycles. The van der Waals surface area contributed by atoms with Crippen LogP contribution in [-0.2, 0) is 10.8 Å². The third-order valence-electron chi connectivity index (χ3n) is 8.69. The summed E-state index contributed by atoms with van der Waals surface area (Å²) in [6.07, 6.45) is 0. The van der Waals surface area contributed by atoms with Crippen molar-refractivity contribution in [3.63, 3.8) is 0 Å². The Labute approximate surface area is 249 Å². The van der Waals surface area contributed by atoms with Gasteiger partial charge in [-0.3, -0.25) is 0 Å². The first-order chi connectivity index (χ1) is 19.2. The monoisotopic (exact) mass is 554 g/mol. The first-order valence-electron chi connectivity index (χ1n) is 15.0. The van der Waals surface area contributed by atoms with Crippen molar-refractivity contribution in [2.24, 2.45) is 0 Å². The van der Waals surface area contributed by atoms with Crippen LogP contribution < -0.4 is 0 Å². The third-order valence-corrected chi connectivity index (χ3v) is 12.3. The van der Waals surface area contributed by atoms with E-state index in [1.54, 1.807) is 0 Å². The fraction of sp³-hybridized carbons (Fsp3) is 0.300. The van der Waals surface area contributed by atoms with E-state index in [1.807, 2.05) is 0 Å². The maximum atomic E-state index is 2.56. The molecule has 1 aliphatic heterocycles. The van der Waals surface area contributed by atoms with Gasteiger partial charge in [0.25, 0.3) is 0 Å². The molecule has 4 aromatic carbocycles. The fourth-order valence-electron chi connectivity index (χ4n) is 6.46. The number of rotatable bonds is 4. The second-order valence-corrected chi connectivity index (χ2v) is 18.8. The Kier molecular flexibility index (Phi) is 7.41. The molecule has 0 aliphatic carbocycles. The highest BCUT2D eigenvalue weighted by Gasteiger charge is 2.44. The lowest BCUT2D eigenvalue weighted by molar-refractivity contribution is 0.590. The molecule has 1 heterocycles. The Hall–Kier alpha value is -3.42. The van der Waals surface area contributed by atoms with Crippen LogP contribution in [0.1, 0.15) is 86.1 Å².